The van der Waals surface area contributed by atoms with Gasteiger partial charge < -0.3 is 14.0 Å². The van der Waals surface area contributed by atoms with E-state index in [9.17, 15) is 4.79 Å². The topological polar surface area (TPSA) is 61.6 Å². The van der Waals surface area contributed by atoms with E-state index in [4.69, 9.17) is 14.0 Å². The van der Waals surface area contributed by atoms with E-state index in [-0.39, 0.29) is 12.6 Å². The van der Waals surface area contributed by atoms with Crippen LogP contribution in [0.25, 0.3) is 11.3 Å². The number of carbonyl (C=O) groups excluding carboxylic acids is 1. The van der Waals surface area contributed by atoms with Crippen molar-refractivity contribution in [2.75, 3.05) is 0 Å². The molecule has 30 heavy (non-hydrogen) atoms. The van der Waals surface area contributed by atoms with Crippen molar-refractivity contribution < 1.29 is 18.8 Å². The van der Waals surface area contributed by atoms with Crippen molar-refractivity contribution >= 4 is 5.97 Å². The smallest absolute Gasteiger partial charge is 0.318 e. The number of aryl methyl sites for hydroxylation is 1. The molecule has 5 rings (SSSR count). The molecular weight excluding hydrogens is 378 g/mol. The molecule has 0 N–H and O–H groups in total. The summed E-state index contributed by atoms with van der Waals surface area (Å²) in [4.78, 5) is 13.1. The molecule has 5 heteroatoms. The fraction of sp³-hybridized carbons (Fsp3) is 0.120. The van der Waals surface area contributed by atoms with Gasteiger partial charge in [0, 0.05) is 22.8 Å². The van der Waals surface area contributed by atoms with E-state index < -0.39 is 5.92 Å². The standard InChI is InChI=1S/C25H19NO4/c1-16-10-12-17(13-11-16)23-14-18(26-30-23)15-28-25(27)24-19-6-2-4-8-21(19)29-22-9-5-3-7-20(22)24/h2-14,24H,15H2,1H3. The van der Waals surface area contributed by atoms with E-state index in [0.717, 1.165) is 16.7 Å². The highest BCUT2D eigenvalue weighted by molar-refractivity contribution is 5.85. The lowest BCUT2D eigenvalue weighted by Gasteiger charge is -2.26. The molecule has 1 aromatic heterocycles. The SMILES string of the molecule is Cc1ccc(-c2cc(COC(=O)C3c4ccccc4Oc4ccccc43)no2)cc1. The molecule has 0 amide bonds. The van der Waals surface area contributed by atoms with Gasteiger partial charge in [0.1, 0.15) is 29.7 Å². The lowest BCUT2D eigenvalue weighted by Crippen LogP contribution is -2.21. The van der Waals surface area contributed by atoms with Crippen LogP contribution in [0.3, 0.4) is 0 Å². The maximum absolute atomic E-state index is 13.1. The summed E-state index contributed by atoms with van der Waals surface area (Å²) in [6, 6.07) is 24.8. The summed E-state index contributed by atoms with van der Waals surface area (Å²) in [5.74, 6) is 1.08. The quantitative estimate of drug-likeness (QED) is 0.418. The summed E-state index contributed by atoms with van der Waals surface area (Å²) in [6.45, 7) is 2.07. The van der Waals surface area contributed by atoms with Crippen molar-refractivity contribution in [2.45, 2.75) is 19.4 Å². The second-order valence-electron chi connectivity index (χ2n) is 7.27. The Bertz CT molecular complexity index is 1160. The Hall–Kier alpha value is -3.86. The first-order valence-electron chi connectivity index (χ1n) is 9.74. The fourth-order valence-electron chi connectivity index (χ4n) is 3.63. The number of carbonyl (C=O) groups is 1. The number of hydrogen-bond donors (Lipinski definition) is 0. The van der Waals surface area contributed by atoms with E-state index >= 15 is 0 Å². The van der Waals surface area contributed by atoms with Gasteiger partial charge in [-0.25, -0.2) is 0 Å². The van der Waals surface area contributed by atoms with Gasteiger partial charge in [0.05, 0.1) is 0 Å². The predicted octanol–water partition coefficient (Wildman–Crippen LogP) is 5.63. The second kappa shape index (κ2) is 7.52. The minimum Gasteiger partial charge on any atom is -0.458 e. The third-order valence-electron chi connectivity index (χ3n) is 5.17. The summed E-state index contributed by atoms with van der Waals surface area (Å²) in [7, 11) is 0. The third kappa shape index (κ3) is 3.35. The highest BCUT2D eigenvalue weighted by atomic mass is 16.5. The summed E-state index contributed by atoms with van der Waals surface area (Å²) >= 11 is 0. The van der Waals surface area contributed by atoms with Gasteiger partial charge in [0.25, 0.3) is 0 Å². The molecule has 0 bridgehead atoms. The van der Waals surface area contributed by atoms with Crippen LogP contribution in [0, 0.1) is 6.92 Å². The average molecular weight is 397 g/mol. The Balaban J connectivity index is 1.36. The summed E-state index contributed by atoms with van der Waals surface area (Å²) in [5, 5.41) is 4.04. The van der Waals surface area contributed by atoms with Crippen LogP contribution in [0.5, 0.6) is 11.5 Å². The van der Waals surface area contributed by atoms with Crippen molar-refractivity contribution in [2.24, 2.45) is 0 Å². The number of fused-ring (bicyclic) bond motifs is 2. The van der Waals surface area contributed by atoms with E-state index in [0.29, 0.717) is 23.0 Å². The molecule has 0 atom stereocenters. The minimum absolute atomic E-state index is 0.0376. The first-order chi connectivity index (χ1) is 14.7. The highest BCUT2D eigenvalue weighted by Crippen LogP contribution is 2.44. The number of rotatable bonds is 4. The van der Waals surface area contributed by atoms with Gasteiger partial charge in [0.15, 0.2) is 5.76 Å². The van der Waals surface area contributed by atoms with Crippen molar-refractivity contribution in [3.8, 4) is 22.8 Å². The molecule has 4 aromatic rings. The van der Waals surface area contributed by atoms with Gasteiger partial charge in [-0.3, -0.25) is 4.79 Å². The minimum atomic E-state index is -0.547. The molecule has 2 heterocycles. The molecule has 1 aliphatic rings. The van der Waals surface area contributed by atoms with Gasteiger partial charge >= 0.3 is 5.97 Å². The van der Waals surface area contributed by atoms with Gasteiger partial charge in [-0.2, -0.15) is 0 Å². The van der Waals surface area contributed by atoms with E-state index in [2.05, 4.69) is 5.16 Å². The van der Waals surface area contributed by atoms with Crippen LogP contribution in [0.15, 0.2) is 83.4 Å². The Labute approximate surface area is 173 Å². The number of esters is 1. The van der Waals surface area contributed by atoms with Crippen molar-refractivity contribution in [3.63, 3.8) is 0 Å². The van der Waals surface area contributed by atoms with E-state index in [1.54, 1.807) is 6.07 Å². The number of nitrogens with zero attached hydrogens (tertiary/aromatic N) is 1. The molecule has 0 fully saturated rings. The Morgan fingerprint density at radius 1 is 0.933 bits per heavy atom. The fourth-order valence-corrected chi connectivity index (χ4v) is 3.63. The first-order valence-corrected chi connectivity index (χ1v) is 9.74. The van der Waals surface area contributed by atoms with Crippen LogP contribution in [-0.2, 0) is 16.1 Å². The second-order valence-corrected chi connectivity index (χ2v) is 7.27. The summed E-state index contributed by atoms with van der Waals surface area (Å²) in [6.07, 6.45) is 0. The molecule has 0 spiro atoms. The van der Waals surface area contributed by atoms with Crippen LogP contribution in [-0.4, -0.2) is 11.1 Å². The molecule has 0 radical (unpaired) electrons. The van der Waals surface area contributed by atoms with Gasteiger partial charge in [-0.05, 0) is 19.1 Å². The van der Waals surface area contributed by atoms with Crippen molar-refractivity contribution in [1.29, 1.82) is 0 Å². The van der Waals surface area contributed by atoms with Crippen molar-refractivity contribution in [1.82, 2.24) is 5.16 Å². The lowest BCUT2D eigenvalue weighted by molar-refractivity contribution is -0.146. The van der Waals surface area contributed by atoms with Gasteiger partial charge in [-0.15, -0.1) is 0 Å². The van der Waals surface area contributed by atoms with Gasteiger partial charge in [0.2, 0.25) is 0 Å². The number of ether oxygens (including phenoxy) is 2. The van der Waals surface area contributed by atoms with E-state index in [1.165, 1.54) is 5.56 Å². The lowest BCUT2D eigenvalue weighted by atomic mass is 9.88. The Kier molecular flexibility index (Phi) is 4.56. The van der Waals surface area contributed by atoms with Crippen LogP contribution in [0.4, 0.5) is 0 Å². The molecule has 0 saturated carbocycles. The highest BCUT2D eigenvalue weighted by Gasteiger charge is 2.33. The monoisotopic (exact) mass is 397 g/mol. The zero-order valence-electron chi connectivity index (χ0n) is 16.4. The van der Waals surface area contributed by atoms with Crippen LogP contribution in [0.2, 0.25) is 0 Å². The molecule has 0 aliphatic carbocycles. The largest absolute Gasteiger partial charge is 0.458 e. The van der Waals surface area contributed by atoms with Crippen molar-refractivity contribution in [3.05, 3.63) is 101 Å². The predicted molar refractivity (Wildman–Crippen MR) is 111 cm³/mol. The normalized spacial score (nSPS) is 12.6. The first kappa shape index (κ1) is 18.2. The Morgan fingerprint density at radius 3 is 2.23 bits per heavy atom. The van der Waals surface area contributed by atoms with Crippen LogP contribution < -0.4 is 4.74 Å². The molecule has 148 valence electrons. The summed E-state index contributed by atoms with van der Waals surface area (Å²) in [5.41, 5.74) is 4.25. The number of para-hydroxylation sites is 2. The molecule has 5 nitrogen and oxygen atoms in total. The number of benzene rings is 3. The summed E-state index contributed by atoms with van der Waals surface area (Å²) < 4.78 is 17.0. The zero-order chi connectivity index (χ0) is 20.5. The molecule has 3 aromatic carbocycles. The maximum Gasteiger partial charge on any atom is 0.318 e. The van der Waals surface area contributed by atoms with E-state index in [1.807, 2.05) is 79.7 Å². The Morgan fingerprint density at radius 2 is 1.57 bits per heavy atom. The molecule has 0 saturated heterocycles. The van der Waals surface area contributed by atoms with Crippen LogP contribution >= 0.6 is 0 Å². The maximum atomic E-state index is 13.1. The number of hydrogen-bond acceptors (Lipinski definition) is 5. The van der Waals surface area contributed by atoms with Gasteiger partial charge in [-0.1, -0.05) is 71.4 Å². The molecular formula is C25H19NO4. The molecule has 1 aliphatic heterocycles. The number of aromatic nitrogens is 1. The van der Waals surface area contributed by atoms with Crippen LogP contribution in [0.1, 0.15) is 28.3 Å². The average Bonchev–Trinajstić information content (AvgIpc) is 3.25. The molecule has 0 unspecified atom stereocenters. The zero-order valence-corrected chi connectivity index (χ0v) is 16.4. The third-order valence-corrected chi connectivity index (χ3v) is 5.17.